The van der Waals surface area contributed by atoms with E-state index >= 15 is 0 Å². The molecule has 0 radical (unpaired) electrons. The normalized spacial score (nSPS) is 18.4. The lowest BCUT2D eigenvalue weighted by atomic mass is 9.86. The molecule has 2 aromatic rings. The summed E-state index contributed by atoms with van der Waals surface area (Å²) in [6.45, 7) is 0. The minimum atomic E-state index is 0.429. The van der Waals surface area contributed by atoms with Gasteiger partial charge in [0.25, 0.3) is 0 Å². The number of nitrogens with zero attached hydrogens (tertiary/aromatic N) is 1. The largest absolute Gasteiger partial charge is 0.497 e. The molecule has 2 N–H and O–H groups in total. The zero-order valence-electron chi connectivity index (χ0n) is 10.3. The number of hydrogen-bond acceptors (Lipinski definition) is 4. The van der Waals surface area contributed by atoms with Gasteiger partial charge >= 0.3 is 0 Å². The molecule has 18 heavy (non-hydrogen) atoms. The number of nitrogens with two attached hydrogens (primary N) is 1. The van der Waals surface area contributed by atoms with Crippen LogP contribution in [0.2, 0.25) is 0 Å². The van der Waals surface area contributed by atoms with Gasteiger partial charge in [0.15, 0.2) is 5.13 Å². The van der Waals surface area contributed by atoms with Gasteiger partial charge in [-0.3, -0.25) is 0 Å². The van der Waals surface area contributed by atoms with E-state index in [1.807, 2.05) is 12.1 Å². The Morgan fingerprint density at radius 3 is 3.17 bits per heavy atom. The predicted octanol–water partition coefficient (Wildman–Crippen LogP) is 3.20. The molecule has 3 nitrogen and oxygen atoms in total. The van der Waals surface area contributed by atoms with Crippen LogP contribution in [0.5, 0.6) is 5.75 Å². The molecule has 1 aromatic heterocycles. The summed E-state index contributed by atoms with van der Waals surface area (Å²) >= 11 is 1.63. The first kappa shape index (κ1) is 11.5. The van der Waals surface area contributed by atoms with Crippen LogP contribution in [0.25, 0.3) is 0 Å². The quantitative estimate of drug-likeness (QED) is 0.902. The van der Waals surface area contributed by atoms with Crippen molar-refractivity contribution < 1.29 is 4.74 Å². The Balaban J connectivity index is 2.02. The maximum atomic E-state index is 5.84. The van der Waals surface area contributed by atoms with E-state index in [1.54, 1.807) is 18.4 Å². The Labute approximate surface area is 111 Å². The van der Waals surface area contributed by atoms with E-state index in [-0.39, 0.29) is 0 Å². The molecule has 1 heterocycles. The second kappa shape index (κ2) is 4.61. The molecular formula is C14H16N2OS. The number of aromatic nitrogens is 1. The molecule has 3 rings (SSSR count). The highest BCUT2D eigenvalue weighted by atomic mass is 32.1. The highest BCUT2D eigenvalue weighted by molar-refractivity contribution is 7.15. The number of thiazole rings is 1. The molecule has 0 fully saturated rings. The minimum absolute atomic E-state index is 0.429. The fourth-order valence-corrected chi connectivity index (χ4v) is 3.66. The third kappa shape index (κ3) is 1.97. The molecule has 0 bridgehead atoms. The van der Waals surface area contributed by atoms with Gasteiger partial charge < -0.3 is 10.5 Å². The van der Waals surface area contributed by atoms with Crippen molar-refractivity contribution in [3.05, 3.63) is 40.4 Å². The topological polar surface area (TPSA) is 48.1 Å². The average molecular weight is 260 g/mol. The summed E-state index contributed by atoms with van der Waals surface area (Å²) in [6, 6.07) is 8.31. The van der Waals surface area contributed by atoms with Crippen molar-refractivity contribution in [2.24, 2.45) is 0 Å². The lowest BCUT2D eigenvalue weighted by Crippen LogP contribution is -2.09. The first-order valence-corrected chi connectivity index (χ1v) is 6.98. The van der Waals surface area contributed by atoms with Crippen LogP contribution >= 0.6 is 11.3 Å². The Bertz CT molecular complexity index is 565. The smallest absolute Gasteiger partial charge is 0.180 e. The number of ether oxygens (including phenoxy) is 1. The lowest BCUT2D eigenvalue weighted by Gasteiger charge is -2.21. The third-order valence-corrected chi connectivity index (χ3v) is 4.50. The fraction of sp³-hybridized carbons (Fsp3) is 0.357. The van der Waals surface area contributed by atoms with Crippen molar-refractivity contribution in [2.75, 3.05) is 12.8 Å². The predicted molar refractivity (Wildman–Crippen MR) is 74.3 cm³/mol. The van der Waals surface area contributed by atoms with Crippen LogP contribution in [0.3, 0.4) is 0 Å². The van der Waals surface area contributed by atoms with Crippen LogP contribution in [-0.4, -0.2) is 12.1 Å². The van der Waals surface area contributed by atoms with E-state index in [0.29, 0.717) is 11.0 Å². The molecule has 1 unspecified atom stereocenters. The van der Waals surface area contributed by atoms with Gasteiger partial charge in [-0.25, -0.2) is 4.98 Å². The van der Waals surface area contributed by atoms with Gasteiger partial charge in [-0.15, -0.1) is 11.3 Å². The molecule has 0 amide bonds. The van der Waals surface area contributed by atoms with Crippen molar-refractivity contribution in [3.8, 4) is 5.75 Å². The average Bonchev–Trinajstić information content (AvgIpc) is 2.78. The number of hydrogen-bond donors (Lipinski definition) is 1. The Kier molecular flexibility index (Phi) is 2.96. The zero-order valence-corrected chi connectivity index (χ0v) is 11.2. The molecule has 0 saturated heterocycles. The highest BCUT2D eigenvalue weighted by Gasteiger charge is 2.25. The van der Waals surface area contributed by atoms with Gasteiger partial charge in [0.05, 0.1) is 12.8 Å². The summed E-state index contributed by atoms with van der Waals surface area (Å²) in [5.74, 6) is 1.34. The van der Waals surface area contributed by atoms with E-state index in [2.05, 4.69) is 17.1 Å². The number of fused-ring (bicyclic) bond motifs is 1. The highest BCUT2D eigenvalue weighted by Crippen LogP contribution is 2.41. The van der Waals surface area contributed by atoms with E-state index in [0.717, 1.165) is 12.2 Å². The van der Waals surface area contributed by atoms with Crippen LogP contribution in [-0.2, 0) is 6.42 Å². The maximum absolute atomic E-state index is 5.84. The van der Waals surface area contributed by atoms with Crippen LogP contribution in [0, 0.1) is 0 Å². The monoisotopic (exact) mass is 260 g/mol. The van der Waals surface area contributed by atoms with Gasteiger partial charge in [0, 0.05) is 10.8 Å². The molecule has 4 heteroatoms. The van der Waals surface area contributed by atoms with Crippen molar-refractivity contribution in [1.82, 2.24) is 4.98 Å². The summed E-state index contributed by atoms with van der Waals surface area (Å²) in [7, 11) is 1.70. The fourth-order valence-electron chi connectivity index (χ4n) is 2.61. The van der Waals surface area contributed by atoms with Crippen molar-refractivity contribution >= 4 is 16.5 Å². The summed E-state index contributed by atoms with van der Waals surface area (Å²) in [4.78, 5) is 5.77. The van der Waals surface area contributed by atoms with Crippen molar-refractivity contribution in [2.45, 2.75) is 25.2 Å². The SMILES string of the molecule is COc1cccc(C2CCCc3nc(N)sc32)c1. The molecule has 0 aliphatic heterocycles. The van der Waals surface area contributed by atoms with Gasteiger partial charge in [0.1, 0.15) is 5.75 Å². The zero-order chi connectivity index (χ0) is 12.5. The van der Waals surface area contributed by atoms with Gasteiger partial charge in [0.2, 0.25) is 0 Å². The standard InChI is InChI=1S/C14H16N2OS/c1-17-10-5-2-4-9(8-10)11-6-3-7-12-13(11)18-14(15)16-12/h2,4-5,8,11H,3,6-7H2,1H3,(H2,15,16). The molecular weight excluding hydrogens is 244 g/mol. The van der Waals surface area contributed by atoms with Crippen LogP contribution in [0.4, 0.5) is 5.13 Å². The Morgan fingerprint density at radius 1 is 1.44 bits per heavy atom. The second-order valence-electron chi connectivity index (χ2n) is 4.58. The molecule has 1 atom stereocenters. The van der Waals surface area contributed by atoms with Gasteiger partial charge in [-0.1, -0.05) is 12.1 Å². The lowest BCUT2D eigenvalue weighted by molar-refractivity contribution is 0.413. The van der Waals surface area contributed by atoms with Crippen molar-refractivity contribution in [1.29, 1.82) is 0 Å². The Hall–Kier alpha value is -1.55. The molecule has 1 aliphatic rings. The number of anilines is 1. The van der Waals surface area contributed by atoms with Gasteiger partial charge in [-0.2, -0.15) is 0 Å². The maximum Gasteiger partial charge on any atom is 0.180 e. The first-order valence-electron chi connectivity index (χ1n) is 6.17. The van der Waals surface area contributed by atoms with Crippen molar-refractivity contribution in [3.63, 3.8) is 0 Å². The van der Waals surface area contributed by atoms with E-state index in [1.165, 1.54) is 29.0 Å². The summed E-state index contributed by atoms with van der Waals surface area (Å²) in [6.07, 6.45) is 3.41. The molecule has 0 saturated carbocycles. The number of methoxy groups -OCH3 is 1. The minimum Gasteiger partial charge on any atom is -0.497 e. The first-order chi connectivity index (χ1) is 8.78. The van der Waals surface area contributed by atoms with Crippen LogP contribution < -0.4 is 10.5 Å². The summed E-state index contributed by atoms with van der Waals surface area (Å²) in [5.41, 5.74) is 8.33. The van der Waals surface area contributed by atoms with Crippen LogP contribution in [0.15, 0.2) is 24.3 Å². The molecule has 0 spiro atoms. The summed E-state index contributed by atoms with van der Waals surface area (Å²) in [5, 5.41) is 0.690. The molecule has 1 aliphatic carbocycles. The number of aryl methyl sites for hydroxylation is 1. The van der Waals surface area contributed by atoms with E-state index in [4.69, 9.17) is 10.5 Å². The third-order valence-electron chi connectivity index (χ3n) is 3.46. The Morgan fingerprint density at radius 2 is 2.33 bits per heavy atom. The number of benzene rings is 1. The number of nitrogen functional groups attached to an aromatic ring is 1. The van der Waals surface area contributed by atoms with Gasteiger partial charge in [-0.05, 0) is 37.0 Å². The molecule has 94 valence electrons. The van der Waals surface area contributed by atoms with E-state index < -0.39 is 0 Å². The van der Waals surface area contributed by atoms with E-state index in [9.17, 15) is 0 Å². The summed E-state index contributed by atoms with van der Waals surface area (Å²) < 4.78 is 5.30. The molecule has 1 aromatic carbocycles. The van der Waals surface area contributed by atoms with Crippen LogP contribution in [0.1, 0.15) is 34.9 Å². The number of rotatable bonds is 2. The second-order valence-corrected chi connectivity index (χ2v) is 5.65.